The van der Waals surface area contributed by atoms with Crippen molar-refractivity contribution in [3.8, 4) is 11.3 Å². The first-order valence-corrected chi connectivity index (χ1v) is 9.70. The number of likely N-dealkylation sites (N-methyl/N-ethyl adjacent to an activating group) is 1. The Morgan fingerprint density at radius 1 is 1.15 bits per heavy atom. The monoisotopic (exact) mass is 362 g/mol. The molecule has 27 heavy (non-hydrogen) atoms. The summed E-state index contributed by atoms with van der Waals surface area (Å²) < 4.78 is 0. The first-order valence-electron chi connectivity index (χ1n) is 9.70. The van der Waals surface area contributed by atoms with E-state index in [1.54, 1.807) is 0 Å². The summed E-state index contributed by atoms with van der Waals surface area (Å²) in [6.07, 6.45) is 2.93. The zero-order valence-corrected chi connectivity index (χ0v) is 15.8. The van der Waals surface area contributed by atoms with Crippen molar-refractivity contribution in [1.29, 1.82) is 0 Å². The Morgan fingerprint density at radius 3 is 2.81 bits per heavy atom. The molecule has 0 aliphatic carbocycles. The highest BCUT2D eigenvalue weighted by molar-refractivity contribution is 5.86. The number of fused-ring (bicyclic) bond motifs is 1. The van der Waals surface area contributed by atoms with E-state index in [0.29, 0.717) is 6.04 Å². The van der Waals surface area contributed by atoms with Gasteiger partial charge in [0.05, 0.1) is 12.3 Å². The van der Waals surface area contributed by atoms with Crippen LogP contribution >= 0.6 is 0 Å². The van der Waals surface area contributed by atoms with Crippen LogP contribution in [-0.4, -0.2) is 58.8 Å². The molecular formula is C22H26N4O. The summed E-state index contributed by atoms with van der Waals surface area (Å²) in [7, 11) is 0. The summed E-state index contributed by atoms with van der Waals surface area (Å²) in [5, 5.41) is 11.7. The molecule has 0 spiro atoms. The van der Waals surface area contributed by atoms with E-state index in [1.807, 2.05) is 12.3 Å². The molecule has 140 valence electrons. The molecule has 0 saturated carbocycles. The van der Waals surface area contributed by atoms with Gasteiger partial charge in [0.15, 0.2) is 0 Å². The zero-order chi connectivity index (χ0) is 18.6. The maximum absolute atomic E-state index is 9.27. The lowest BCUT2D eigenvalue weighted by atomic mass is 10.1. The van der Waals surface area contributed by atoms with Crippen molar-refractivity contribution in [2.45, 2.75) is 19.4 Å². The Kier molecular flexibility index (Phi) is 5.32. The zero-order valence-electron chi connectivity index (χ0n) is 15.8. The third-order valence-corrected chi connectivity index (χ3v) is 5.44. The summed E-state index contributed by atoms with van der Waals surface area (Å²) in [5.41, 5.74) is 2.07. The van der Waals surface area contributed by atoms with Crippen LogP contribution in [0.3, 0.4) is 0 Å². The highest BCUT2D eigenvalue weighted by atomic mass is 16.3. The van der Waals surface area contributed by atoms with Gasteiger partial charge in [-0.25, -0.2) is 9.97 Å². The number of benzene rings is 2. The Balaban J connectivity index is 1.55. The average molecular weight is 362 g/mol. The van der Waals surface area contributed by atoms with Gasteiger partial charge in [0.25, 0.3) is 0 Å². The standard InChI is InChI=1S/C22H26N4O/c1-2-25(13-14-27)20-10-12-26(16-20)22-23-11-9-21(24-22)19-8-7-17-5-3-4-6-18(17)15-19/h3-9,11,15,20,27H,2,10,12-14,16H2,1H3/t20-/m1/s1. The van der Waals surface area contributed by atoms with Crippen molar-refractivity contribution < 1.29 is 5.11 Å². The molecule has 2 heterocycles. The largest absolute Gasteiger partial charge is 0.395 e. The van der Waals surface area contributed by atoms with E-state index in [0.717, 1.165) is 49.8 Å². The summed E-state index contributed by atoms with van der Waals surface area (Å²) in [6, 6.07) is 17.3. The normalized spacial score (nSPS) is 17.1. The molecule has 0 unspecified atom stereocenters. The van der Waals surface area contributed by atoms with E-state index in [1.165, 1.54) is 10.8 Å². The smallest absolute Gasteiger partial charge is 0.225 e. The number of hydrogen-bond acceptors (Lipinski definition) is 5. The van der Waals surface area contributed by atoms with E-state index < -0.39 is 0 Å². The first-order chi connectivity index (χ1) is 13.3. The highest BCUT2D eigenvalue weighted by Gasteiger charge is 2.28. The van der Waals surface area contributed by atoms with Gasteiger partial charge in [-0.1, -0.05) is 43.3 Å². The molecule has 0 radical (unpaired) electrons. The summed E-state index contributed by atoms with van der Waals surface area (Å²) >= 11 is 0. The van der Waals surface area contributed by atoms with Crippen LogP contribution in [0.25, 0.3) is 22.0 Å². The molecule has 0 amide bonds. The molecule has 1 aliphatic rings. The van der Waals surface area contributed by atoms with Gasteiger partial charge in [0, 0.05) is 37.4 Å². The Hall–Kier alpha value is -2.50. The quantitative estimate of drug-likeness (QED) is 0.730. The first kappa shape index (κ1) is 17.9. The summed E-state index contributed by atoms with van der Waals surface area (Å²) in [6.45, 7) is 5.90. The van der Waals surface area contributed by atoms with Gasteiger partial charge in [-0.3, -0.25) is 4.90 Å². The van der Waals surface area contributed by atoms with Crippen molar-refractivity contribution >= 4 is 16.7 Å². The molecule has 3 aromatic rings. The average Bonchev–Trinajstić information content (AvgIpc) is 3.22. The fourth-order valence-electron chi connectivity index (χ4n) is 3.96. The molecular weight excluding hydrogens is 336 g/mol. The molecule has 5 heteroatoms. The maximum atomic E-state index is 9.27. The third-order valence-electron chi connectivity index (χ3n) is 5.44. The van der Waals surface area contributed by atoms with Gasteiger partial charge in [0.2, 0.25) is 5.95 Å². The van der Waals surface area contributed by atoms with E-state index in [-0.39, 0.29) is 6.61 Å². The van der Waals surface area contributed by atoms with E-state index in [9.17, 15) is 5.11 Å². The predicted octanol–water partition coefficient (Wildman–Crippen LogP) is 3.19. The fraction of sp³-hybridized carbons (Fsp3) is 0.364. The van der Waals surface area contributed by atoms with Gasteiger partial charge in [-0.05, 0) is 35.9 Å². The van der Waals surface area contributed by atoms with Crippen LogP contribution in [0.15, 0.2) is 54.7 Å². The van der Waals surface area contributed by atoms with Crippen LogP contribution in [-0.2, 0) is 0 Å². The molecule has 1 N–H and O–H groups in total. The van der Waals surface area contributed by atoms with Crippen LogP contribution in [0.5, 0.6) is 0 Å². The van der Waals surface area contributed by atoms with Gasteiger partial charge < -0.3 is 10.0 Å². The van der Waals surface area contributed by atoms with Crippen molar-refractivity contribution in [3.05, 3.63) is 54.7 Å². The van der Waals surface area contributed by atoms with Gasteiger partial charge >= 0.3 is 0 Å². The van der Waals surface area contributed by atoms with Crippen molar-refractivity contribution in [2.24, 2.45) is 0 Å². The van der Waals surface area contributed by atoms with Gasteiger partial charge in [-0.15, -0.1) is 0 Å². The fourth-order valence-corrected chi connectivity index (χ4v) is 3.96. The molecule has 0 bridgehead atoms. The molecule has 1 fully saturated rings. The lowest BCUT2D eigenvalue weighted by molar-refractivity contribution is 0.165. The topological polar surface area (TPSA) is 52.5 Å². The SMILES string of the molecule is CCN(CCO)[C@@H]1CCN(c2nccc(-c3ccc4ccccc4c3)n2)C1. The molecule has 1 aromatic heterocycles. The molecule has 2 aromatic carbocycles. The van der Waals surface area contributed by atoms with Crippen LogP contribution in [0.2, 0.25) is 0 Å². The lowest BCUT2D eigenvalue weighted by Gasteiger charge is -2.26. The number of aliphatic hydroxyl groups is 1. The third kappa shape index (κ3) is 3.80. The van der Waals surface area contributed by atoms with Gasteiger partial charge in [0.1, 0.15) is 0 Å². The number of rotatable bonds is 6. The van der Waals surface area contributed by atoms with E-state index in [4.69, 9.17) is 4.98 Å². The number of nitrogens with zero attached hydrogens (tertiary/aromatic N) is 4. The second-order valence-electron chi connectivity index (χ2n) is 7.04. The number of aromatic nitrogens is 2. The predicted molar refractivity (Wildman–Crippen MR) is 110 cm³/mol. The number of anilines is 1. The van der Waals surface area contributed by atoms with Crippen molar-refractivity contribution in [1.82, 2.24) is 14.9 Å². The maximum Gasteiger partial charge on any atom is 0.225 e. The minimum Gasteiger partial charge on any atom is -0.395 e. The van der Waals surface area contributed by atoms with E-state index >= 15 is 0 Å². The summed E-state index contributed by atoms with van der Waals surface area (Å²) in [4.78, 5) is 14.0. The van der Waals surface area contributed by atoms with E-state index in [2.05, 4.69) is 64.2 Å². The van der Waals surface area contributed by atoms with Crippen LogP contribution in [0.1, 0.15) is 13.3 Å². The molecule has 1 saturated heterocycles. The van der Waals surface area contributed by atoms with Crippen LogP contribution < -0.4 is 4.90 Å². The minimum atomic E-state index is 0.207. The minimum absolute atomic E-state index is 0.207. The van der Waals surface area contributed by atoms with Crippen molar-refractivity contribution in [3.63, 3.8) is 0 Å². The second-order valence-corrected chi connectivity index (χ2v) is 7.04. The molecule has 5 nitrogen and oxygen atoms in total. The second kappa shape index (κ2) is 8.03. The Labute approximate surface area is 160 Å². The Morgan fingerprint density at radius 2 is 2.00 bits per heavy atom. The highest BCUT2D eigenvalue weighted by Crippen LogP contribution is 2.25. The lowest BCUT2D eigenvalue weighted by Crippen LogP contribution is -2.39. The molecule has 1 aliphatic heterocycles. The Bertz CT molecular complexity index is 913. The molecule has 1 atom stereocenters. The van der Waals surface area contributed by atoms with Crippen molar-refractivity contribution in [2.75, 3.05) is 37.7 Å². The molecule has 4 rings (SSSR count). The number of aliphatic hydroxyl groups excluding tert-OH is 1. The summed E-state index contributed by atoms with van der Waals surface area (Å²) in [5.74, 6) is 0.795. The van der Waals surface area contributed by atoms with Crippen LogP contribution in [0, 0.1) is 0 Å². The number of hydrogen-bond donors (Lipinski definition) is 1. The van der Waals surface area contributed by atoms with Gasteiger partial charge in [-0.2, -0.15) is 0 Å². The van der Waals surface area contributed by atoms with Crippen LogP contribution in [0.4, 0.5) is 5.95 Å².